The number of carbonyl (C=O) groups is 1. The predicted molar refractivity (Wildman–Crippen MR) is 85.7 cm³/mol. The van der Waals surface area contributed by atoms with Crippen LogP contribution in [-0.2, 0) is 4.79 Å². The first-order valence-electron chi connectivity index (χ1n) is 7.43. The molecule has 0 spiro atoms. The third-order valence-corrected chi connectivity index (χ3v) is 3.36. The van der Waals surface area contributed by atoms with Crippen LogP contribution in [0.5, 0.6) is 0 Å². The van der Waals surface area contributed by atoms with E-state index in [1.807, 2.05) is 18.2 Å². The Hall–Kier alpha value is -1.55. The smallest absolute Gasteiger partial charge is 0.238 e. The van der Waals surface area contributed by atoms with Gasteiger partial charge in [0.1, 0.15) is 0 Å². The van der Waals surface area contributed by atoms with Crippen LogP contribution in [0, 0.1) is 0 Å². The van der Waals surface area contributed by atoms with Crippen LogP contribution < -0.4 is 11.1 Å². The van der Waals surface area contributed by atoms with Crippen molar-refractivity contribution in [2.24, 2.45) is 0 Å². The van der Waals surface area contributed by atoms with Crippen molar-refractivity contribution >= 4 is 17.3 Å². The Kier molecular flexibility index (Phi) is 7.09. The van der Waals surface area contributed by atoms with Crippen molar-refractivity contribution in [3.8, 4) is 0 Å². The molecule has 0 saturated heterocycles. The van der Waals surface area contributed by atoms with Crippen molar-refractivity contribution in [1.29, 1.82) is 0 Å². The number of benzene rings is 1. The van der Waals surface area contributed by atoms with Crippen LogP contribution >= 0.6 is 0 Å². The SMILES string of the molecule is CCCCCN(CC(=O)Nc1ccccc1N)C(C)C. The minimum absolute atomic E-state index is 0.00639. The lowest BCUT2D eigenvalue weighted by atomic mass is 10.2. The molecular formula is C16H27N3O. The number of para-hydroxylation sites is 2. The van der Waals surface area contributed by atoms with Crippen LogP contribution in [0.1, 0.15) is 40.0 Å². The van der Waals surface area contributed by atoms with Gasteiger partial charge < -0.3 is 11.1 Å². The first kappa shape index (κ1) is 16.5. The van der Waals surface area contributed by atoms with Gasteiger partial charge in [-0.1, -0.05) is 31.9 Å². The summed E-state index contributed by atoms with van der Waals surface area (Å²) in [6.07, 6.45) is 3.53. The fourth-order valence-corrected chi connectivity index (χ4v) is 2.07. The van der Waals surface area contributed by atoms with E-state index in [1.54, 1.807) is 6.07 Å². The summed E-state index contributed by atoms with van der Waals surface area (Å²) < 4.78 is 0. The largest absolute Gasteiger partial charge is 0.397 e. The van der Waals surface area contributed by atoms with Gasteiger partial charge in [-0.15, -0.1) is 0 Å². The number of unbranched alkanes of at least 4 members (excludes halogenated alkanes) is 2. The number of hydrogen-bond acceptors (Lipinski definition) is 3. The molecule has 0 heterocycles. The summed E-state index contributed by atoms with van der Waals surface area (Å²) in [5.41, 5.74) is 7.12. The molecule has 0 atom stereocenters. The fraction of sp³-hybridized carbons (Fsp3) is 0.562. The third-order valence-electron chi connectivity index (χ3n) is 3.36. The number of nitrogens with zero attached hydrogens (tertiary/aromatic N) is 1. The summed E-state index contributed by atoms with van der Waals surface area (Å²) in [7, 11) is 0. The lowest BCUT2D eigenvalue weighted by Gasteiger charge is -2.25. The predicted octanol–water partition coefficient (Wildman–Crippen LogP) is 3.11. The molecule has 4 heteroatoms. The van der Waals surface area contributed by atoms with E-state index >= 15 is 0 Å². The third kappa shape index (κ3) is 5.61. The standard InChI is InChI=1S/C16H27N3O/c1-4-5-8-11-19(13(2)3)12-16(20)18-15-10-7-6-9-14(15)17/h6-7,9-10,13H,4-5,8,11-12,17H2,1-3H3,(H,18,20). The van der Waals surface area contributed by atoms with Crippen molar-refractivity contribution in [3.63, 3.8) is 0 Å². The molecule has 20 heavy (non-hydrogen) atoms. The molecule has 0 aliphatic rings. The zero-order chi connectivity index (χ0) is 15.0. The Bertz CT molecular complexity index is 418. The molecule has 0 unspecified atom stereocenters. The lowest BCUT2D eigenvalue weighted by molar-refractivity contribution is -0.117. The van der Waals surface area contributed by atoms with Gasteiger partial charge in [0.25, 0.3) is 0 Å². The van der Waals surface area contributed by atoms with E-state index in [4.69, 9.17) is 5.73 Å². The molecule has 1 amide bonds. The number of nitrogens with one attached hydrogen (secondary N) is 1. The van der Waals surface area contributed by atoms with E-state index in [-0.39, 0.29) is 5.91 Å². The Morgan fingerprint density at radius 3 is 2.60 bits per heavy atom. The molecule has 112 valence electrons. The number of carbonyl (C=O) groups excluding carboxylic acids is 1. The van der Waals surface area contributed by atoms with Crippen molar-refractivity contribution < 1.29 is 4.79 Å². The highest BCUT2D eigenvalue weighted by atomic mass is 16.2. The Morgan fingerprint density at radius 1 is 1.30 bits per heavy atom. The van der Waals surface area contributed by atoms with Crippen LogP contribution in [-0.4, -0.2) is 29.9 Å². The zero-order valence-electron chi connectivity index (χ0n) is 12.9. The highest BCUT2D eigenvalue weighted by Gasteiger charge is 2.14. The number of rotatable bonds is 8. The molecule has 0 aromatic heterocycles. The minimum atomic E-state index is -0.00639. The van der Waals surface area contributed by atoms with Crippen molar-refractivity contribution in [1.82, 2.24) is 4.90 Å². The van der Waals surface area contributed by atoms with Crippen LogP contribution in [0.2, 0.25) is 0 Å². The van der Waals surface area contributed by atoms with E-state index in [1.165, 1.54) is 12.8 Å². The van der Waals surface area contributed by atoms with Crippen LogP contribution in [0.15, 0.2) is 24.3 Å². The van der Waals surface area contributed by atoms with Gasteiger partial charge >= 0.3 is 0 Å². The number of anilines is 2. The summed E-state index contributed by atoms with van der Waals surface area (Å²) in [4.78, 5) is 14.3. The molecular weight excluding hydrogens is 250 g/mol. The molecule has 1 rings (SSSR count). The molecule has 0 aliphatic heterocycles. The lowest BCUT2D eigenvalue weighted by Crippen LogP contribution is -2.38. The van der Waals surface area contributed by atoms with Crippen molar-refractivity contribution in [2.45, 2.75) is 46.1 Å². The first-order valence-corrected chi connectivity index (χ1v) is 7.43. The van der Waals surface area contributed by atoms with Gasteiger partial charge in [-0.2, -0.15) is 0 Å². The molecule has 0 fully saturated rings. The molecule has 0 saturated carbocycles. The number of hydrogen-bond donors (Lipinski definition) is 2. The van der Waals surface area contributed by atoms with Crippen molar-refractivity contribution in [3.05, 3.63) is 24.3 Å². The summed E-state index contributed by atoms with van der Waals surface area (Å²) in [6.45, 7) is 7.80. The number of nitrogens with two attached hydrogens (primary N) is 1. The van der Waals surface area contributed by atoms with E-state index < -0.39 is 0 Å². The topological polar surface area (TPSA) is 58.4 Å². The summed E-state index contributed by atoms with van der Waals surface area (Å²) in [5, 5.41) is 2.88. The molecule has 0 aliphatic carbocycles. The van der Waals surface area contributed by atoms with E-state index in [0.717, 1.165) is 13.0 Å². The second-order valence-corrected chi connectivity index (χ2v) is 5.41. The van der Waals surface area contributed by atoms with Crippen LogP contribution in [0.4, 0.5) is 11.4 Å². The second-order valence-electron chi connectivity index (χ2n) is 5.41. The van der Waals surface area contributed by atoms with Crippen LogP contribution in [0.25, 0.3) is 0 Å². The molecule has 1 aromatic carbocycles. The summed E-state index contributed by atoms with van der Waals surface area (Å²) >= 11 is 0. The molecule has 0 radical (unpaired) electrons. The van der Waals surface area contributed by atoms with E-state index in [9.17, 15) is 4.79 Å². The molecule has 0 bridgehead atoms. The quantitative estimate of drug-likeness (QED) is 0.567. The van der Waals surface area contributed by atoms with Gasteiger partial charge in [0.15, 0.2) is 0 Å². The highest BCUT2D eigenvalue weighted by molar-refractivity contribution is 5.95. The maximum Gasteiger partial charge on any atom is 0.238 e. The van der Waals surface area contributed by atoms with Crippen LogP contribution in [0.3, 0.4) is 0 Å². The maximum atomic E-state index is 12.1. The minimum Gasteiger partial charge on any atom is -0.397 e. The average Bonchev–Trinajstić information content (AvgIpc) is 2.40. The summed E-state index contributed by atoms with van der Waals surface area (Å²) in [6, 6.07) is 7.70. The van der Waals surface area contributed by atoms with Crippen molar-refractivity contribution in [2.75, 3.05) is 24.1 Å². The Morgan fingerprint density at radius 2 is 2.00 bits per heavy atom. The normalized spacial score (nSPS) is 11.1. The first-order chi connectivity index (χ1) is 9.54. The maximum absolute atomic E-state index is 12.1. The Labute approximate surface area is 122 Å². The van der Waals surface area contributed by atoms with Gasteiger partial charge in [0.2, 0.25) is 5.91 Å². The van der Waals surface area contributed by atoms with Gasteiger partial charge in [0.05, 0.1) is 17.9 Å². The average molecular weight is 277 g/mol. The molecule has 1 aromatic rings. The molecule has 4 nitrogen and oxygen atoms in total. The van der Waals surface area contributed by atoms with Gasteiger partial charge in [0, 0.05) is 6.04 Å². The number of nitrogen functional groups attached to an aromatic ring is 1. The van der Waals surface area contributed by atoms with Gasteiger partial charge in [-0.05, 0) is 38.9 Å². The zero-order valence-corrected chi connectivity index (χ0v) is 12.9. The van der Waals surface area contributed by atoms with E-state index in [2.05, 4.69) is 31.0 Å². The van der Waals surface area contributed by atoms with Gasteiger partial charge in [-0.3, -0.25) is 9.69 Å². The number of amides is 1. The summed E-state index contributed by atoms with van der Waals surface area (Å²) in [5.74, 6) is -0.00639. The second kappa shape index (κ2) is 8.59. The Balaban J connectivity index is 2.51. The fourth-order valence-electron chi connectivity index (χ4n) is 2.07. The van der Waals surface area contributed by atoms with E-state index in [0.29, 0.717) is 24.0 Å². The molecule has 3 N–H and O–H groups in total. The van der Waals surface area contributed by atoms with Gasteiger partial charge in [-0.25, -0.2) is 0 Å². The monoisotopic (exact) mass is 277 g/mol. The highest BCUT2D eigenvalue weighted by Crippen LogP contribution is 2.16.